The fraction of sp³-hybridized carbons (Fsp3) is 0.409. The molecule has 0 aliphatic carbocycles. The van der Waals surface area contributed by atoms with Crippen LogP contribution < -0.4 is 4.74 Å². The zero-order valence-electron chi connectivity index (χ0n) is 16.7. The molecule has 7 heteroatoms. The summed E-state index contributed by atoms with van der Waals surface area (Å²) in [5.41, 5.74) is 2.05. The summed E-state index contributed by atoms with van der Waals surface area (Å²) in [5, 5.41) is 0.579. The third-order valence-electron chi connectivity index (χ3n) is 5.12. The van der Waals surface area contributed by atoms with Crippen molar-refractivity contribution in [2.45, 2.75) is 38.8 Å². The fourth-order valence-corrected chi connectivity index (χ4v) is 5.39. The highest BCUT2D eigenvalue weighted by Crippen LogP contribution is 2.23. The SMILES string of the molecule is CC(C)c1ccc(OCC(=O)N(Cc2cccc(Cl)c2)C2CCS(=O)(=O)C2)cc1. The lowest BCUT2D eigenvalue weighted by Crippen LogP contribution is -2.43. The van der Waals surface area contributed by atoms with Gasteiger partial charge in [0.2, 0.25) is 0 Å². The number of benzene rings is 2. The van der Waals surface area contributed by atoms with Crippen LogP contribution in [0.5, 0.6) is 5.75 Å². The first-order chi connectivity index (χ1) is 13.7. The lowest BCUT2D eigenvalue weighted by Gasteiger charge is -2.28. The van der Waals surface area contributed by atoms with Crippen LogP contribution in [0.2, 0.25) is 5.02 Å². The number of rotatable bonds is 7. The number of halogens is 1. The zero-order valence-corrected chi connectivity index (χ0v) is 18.2. The van der Waals surface area contributed by atoms with Crippen LogP contribution in [-0.2, 0) is 21.2 Å². The molecular formula is C22H26ClNO4S. The molecule has 1 saturated heterocycles. The molecule has 1 fully saturated rings. The summed E-state index contributed by atoms with van der Waals surface area (Å²) in [7, 11) is -3.12. The van der Waals surface area contributed by atoms with Crippen LogP contribution in [0.15, 0.2) is 48.5 Å². The van der Waals surface area contributed by atoms with Crippen molar-refractivity contribution in [3.05, 3.63) is 64.7 Å². The van der Waals surface area contributed by atoms with E-state index >= 15 is 0 Å². The Hall–Kier alpha value is -2.05. The third kappa shape index (κ3) is 5.97. The monoisotopic (exact) mass is 435 g/mol. The number of amides is 1. The predicted octanol–water partition coefficient (Wildman–Crippen LogP) is 4.06. The van der Waals surface area contributed by atoms with Gasteiger partial charge in [-0.25, -0.2) is 8.42 Å². The standard InChI is InChI=1S/C22H26ClNO4S/c1-16(2)18-6-8-21(9-7-18)28-14-22(25)24(20-10-11-29(26,27)15-20)13-17-4-3-5-19(23)12-17/h3-9,12,16,20H,10-11,13-15H2,1-2H3. The first-order valence-corrected chi connectivity index (χ1v) is 11.9. The van der Waals surface area contributed by atoms with Crippen molar-refractivity contribution in [2.75, 3.05) is 18.1 Å². The maximum atomic E-state index is 13.0. The van der Waals surface area contributed by atoms with Gasteiger partial charge in [0.15, 0.2) is 16.4 Å². The highest BCUT2D eigenvalue weighted by atomic mass is 35.5. The first kappa shape index (κ1) is 21.7. The minimum atomic E-state index is -3.12. The van der Waals surface area contributed by atoms with E-state index in [-0.39, 0.29) is 30.1 Å². The summed E-state index contributed by atoms with van der Waals surface area (Å²) in [6, 6.07) is 14.6. The van der Waals surface area contributed by atoms with E-state index in [9.17, 15) is 13.2 Å². The lowest BCUT2D eigenvalue weighted by molar-refractivity contribution is -0.136. The van der Waals surface area contributed by atoms with Crippen LogP contribution in [0, 0.1) is 0 Å². The molecule has 2 aromatic carbocycles. The Morgan fingerprint density at radius 3 is 2.52 bits per heavy atom. The van der Waals surface area contributed by atoms with Gasteiger partial charge in [-0.2, -0.15) is 0 Å². The Kier molecular flexibility index (Phi) is 6.85. The van der Waals surface area contributed by atoms with Gasteiger partial charge in [-0.15, -0.1) is 0 Å². The normalized spacial score (nSPS) is 18.0. The van der Waals surface area contributed by atoms with E-state index in [0.29, 0.717) is 29.7 Å². The van der Waals surface area contributed by atoms with Gasteiger partial charge in [0.1, 0.15) is 5.75 Å². The Bertz CT molecular complexity index is 957. The largest absolute Gasteiger partial charge is 0.484 e. The molecule has 2 aromatic rings. The molecule has 0 N–H and O–H groups in total. The third-order valence-corrected chi connectivity index (χ3v) is 7.11. The molecule has 3 rings (SSSR count). The first-order valence-electron chi connectivity index (χ1n) is 9.70. The Balaban J connectivity index is 1.71. The van der Waals surface area contributed by atoms with Gasteiger partial charge < -0.3 is 9.64 Å². The lowest BCUT2D eigenvalue weighted by atomic mass is 10.0. The van der Waals surface area contributed by atoms with Gasteiger partial charge in [-0.1, -0.05) is 49.7 Å². The number of hydrogen-bond donors (Lipinski definition) is 0. The topological polar surface area (TPSA) is 63.7 Å². The van der Waals surface area contributed by atoms with Crippen LogP contribution in [0.3, 0.4) is 0 Å². The van der Waals surface area contributed by atoms with E-state index in [2.05, 4.69) is 13.8 Å². The van der Waals surface area contributed by atoms with Crippen molar-refractivity contribution in [2.24, 2.45) is 0 Å². The van der Waals surface area contributed by atoms with Crippen molar-refractivity contribution < 1.29 is 17.9 Å². The smallest absolute Gasteiger partial charge is 0.261 e. The predicted molar refractivity (Wildman–Crippen MR) is 115 cm³/mol. The number of ether oxygens (including phenoxy) is 1. The fourth-order valence-electron chi connectivity index (χ4n) is 3.45. The van der Waals surface area contributed by atoms with Gasteiger partial charge in [0.05, 0.1) is 11.5 Å². The van der Waals surface area contributed by atoms with Crippen LogP contribution in [0.25, 0.3) is 0 Å². The summed E-state index contributed by atoms with van der Waals surface area (Å²) in [6.07, 6.45) is 0.442. The molecule has 1 unspecified atom stereocenters. The van der Waals surface area contributed by atoms with Gasteiger partial charge in [-0.3, -0.25) is 4.79 Å². The van der Waals surface area contributed by atoms with Gasteiger partial charge >= 0.3 is 0 Å². The maximum absolute atomic E-state index is 13.0. The van der Waals surface area contributed by atoms with Crippen LogP contribution >= 0.6 is 11.6 Å². The molecule has 0 radical (unpaired) electrons. The van der Waals surface area contributed by atoms with E-state index in [4.69, 9.17) is 16.3 Å². The second-order valence-corrected chi connectivity index (χ2v) is 10.4. The summed E-state index contributed by atoms with van der Waals surface area (Å²) < 4.78 is 29.6. The molecule has 5 nitrogen and oxygen atoms in total. The maximum Gasteiger partial charge on any atom is 0.261 e. The molecule has 0 spiro atoms. The van der Waals surface area contributed by atoms with Crippen molar-refractivity contribution in [3.63, 3.8) is 0 Å². The molecule has 1 heterocycles. The molecule has 1 atom stereocenters. The van der Waals surface area contributed by atoms with E-state index < -0.39 is 9.84 Å². The number of nitrogens with zero attached hydrogens (tertiary/aromatic N) is 1. The molecule has 29 heavy (non-hydrogen) atoms. The average Bonchev–Trinajstić information content (AvgIpc) is 3.04. The van der Waals surface area contributed by atoms with E-state index in [1.165, 1.54) is 5.56 Å². The van der Waals surface area contributed by atoms with Gasteiger partial charge in [0.25, 0.3) is 5.91 Å². The second kappa shape index (κ2) is 9.18. The number of hydrogen-bond acceptors (Lipinski definition) is 4. The number of carbonyl (C=O) groups excluding carboxylic acids is 1. The van der Waals surface area contributed by atoms with Crippen molar-refractivity contribution in [1.29, 1.82) is 0 Å². The van der Waals surface area contributed by atoms with E-state index in [0.717, 1.165) is 5.56 Å². The molecule has 1 amide bonds. The van der Waals surface area contributed by atoms with Crippen LogP contribution in [0.4, 0.5) is 0 Å². The zero-order chi connectivity index (χ0) is 21.0. The summed E-state index contributed by atoms with van der Waals surface area (Å²) in [4.78, 5) is 14.6. The summed E-state index contributed by atoms with van der Waals surface area (Å²) in [5.74, 6) is 0.893. The molecular weight excluding hydrogens is 410 g/mol. The number of carbonyl (C=O) groups is 1. The summed E-state index contributed by atoms with van der Waals surface area (Å²) in [6.45, 7) is 4.39. The van der Waals surface area contributed by atoms with E-state index in [1.807, 2.05) is 36.4 Å². The molecule has 156 valence electrons. The Morgan fingerprint density at radius 2 is 1.93 bits per heavy atom. The van der Waals surface area contributed by atoms with E-state index in [1.54, 1.807) is 17.0 Å². The second-order valence-electron chi connectivity index (χ2n) is 7.72. The summed E-state index contributed by atoms with van der Waals surface area (Å²) >= 11 is 6.06. The highest BCUT2D eigenvalue weighted by molar-refractivity contribution is 7.91. The van der Waals surface area contributed by atoms with Crippen LogP contribution in [0.1, 0.15) is 37.3 Å². The minimum Gasteiger partial charge on any atom is -0.484 e. The van der Waals surface area contributed by atoms with Crippen molar-refractivity contribution in [1.82, 2.24) is 4.90 Å². The van der Waals surface area contributed by atoms with Crippen LogP contribution in [-0.4, -0.2) is 43.4 Å². The highest BCUT2D eigenvalue weighted by Gasteiger charge is 2.34. The molecule has 0 aromatic heterocycles. The van der Waals surface area contributed by atoms with Crippen molar-refractivity contribution in [3.8, 4) is 5.75 Å². The molecule has 1 aliphatic rings. The van der Waals surface area contributed by atoms with Gasteiger partial charge in [-0.05, 0) is 47.7 Å². The minimum absolute atomic E-state index is 0.0115. The number of sulfone groups is 1. The molecule has 0 saturated carbocycles. The molecule has 1 aliphatic heterocycles. The Labute approximate surface area is 177 Å². The van der Waals surface area contributed by atoms with Crippen molar-refractivity contribution >= 4 is 27.3 Å². The average molecular weight is 436 g/mol. The molecule has 0 bridgehead atoms. The van der Waals surface area contributed by atoms with Gasteiger partial charge in [0, 0.05) is 17.6 Å². The quantitative estimate of drug-likeness (QED) is 0.657. The Morgan fingerprint density at radius 1 is 1.21 bits per heavy atom.